The standard InChI is InChI=1S/C19H42N2O5.2H2/c1-18(2)17-20-5-7-22-9-11-24-13-15-26-16-14-25-12-10-23-8-6-21-19(3)4;;/h18-21H,5-17H2,1-4H3;2*1H. The minimum atomic E-state index is 0. The average molecular weight is 383 g/mol. The van der Waals surface area contributed by atoms with E-state index >= 15 is 0 Å². The van der Waals surface area contributed by atoms with Crippen molar-refractivity contribution in [3.05, 3.63) is 0 Å². The fourth-order valence-electron chi connectivity index (χ4n) is 1.94. The van der Waals surface area contributed by atoms with Gasteiger partial charge in [-0.05, 0) is 12.5 Å². The minimum absolute atomic E-state index is 0. The summed E-state index contributed by atoms with van der Waals surface area (Å²) in [5.74, 6) is 0.675. The summed E-state index contributed by atoms with van der Waals surface area (Å²) in [5, 5.41) is 6.63. The molecule has 0 aromatic carbocycles. The molecular weight excluding hydrogens is 336 g/mol. The van der Waals surface area contributed by atoms with Gasteiger partial charge < -0.3 is 34.3 Å². The Morgan fingerprint density at radius 3 is 1.35 bits per heavy atom. The first kappa shape index (κ1) is 25.7. The highest BCUT2D eigenvalue weighted by molar-refractivity contribution is 4.51. The Hall–Kier alpha value is -0.280. The Morgan fingerprint density at radius 1 is 0.577 bits per heavy atom. The second-order valence-electron chi connectivity index (χ2n) is 6.77. The van der Waals surface area contributed by atoms with E-state index < -0.39 is 0 Å². The van der Waals surface area contributed by atoms with E-state index in [1.807, 2.05) is 0 Å². The maximum atomic E-state index is 5.47. The van der Waals surface area contributed by atoms with Gasteiger partial charge in [-0.1, -0.05) is 27.7 Å². The first-order valence-corrected chi connectivity index (χ1v) is 9.95. The summed E-state index contributed by atoms with van der Waals surface area (Å²) in [6, 6.07) is 0.500. The van der Waals surface area contributed by atoms with E-state index in [9.17, 15) is 0 Å². The van der Waals surface area contributed by atoms with Crippen LogP contribution < -0.4 is 10.6 Å². The van der Waals surface area contributed by atoms with Crippen LogP contribution in [0.2, 0.25) is 0 Å². The monoisotopic (exact) mass is 382 g/mol. The molecule has 0 aromatic heterocycles. The number of ether oxygens (including phenoxy) is 5. The molecular formula is C19H46N2O5. The molecule has 0 amide bonds. The summed E-state index contributed by atoms with van der Waals surface area (Å²) in [4.78, 5) is 0. The third kappa shape index (κ3) is 23.7. The predicted octanol–water partition coefficient (Wildman–Crippen LogP) is 1.81. The Labute approximate surface area is 163 Å². The molecule has 0 atom stereocenters. The zero-order valence-electron chi connectivity index (χ0n) is 17.4. The van der Waals surface area contributed by atoms with E-state index in [4.69, 9.17) is 23.7 Å². The van der Waals surface area contributed by atoms with Gasteiger partial charge in [-0.15, -0.1) is 0 Å². The summed E-state index contributed by atoms with van der Waals surface area (Å²) < 4.78 is 27.2. The highest BCUT2D eigenvalue weighted by Gasteiger charge is 1.95. The van der Waals surface area contributed by atoms with Crippen molar-refractivity contribution in [2.75, 3.05) is 85.7 Å². The van der Waals surface area contributed by atoms with Gasteiger partial charge in [0.2, 0.25) is 0 Å². The lowest BCUT2D eigenvalue weighted by Crippen LogP contribution is -2.27. The summed E-state index contributed by atoms with van der Waals surface area (Å²) in [6.07, 6.45) is 0. The fraction of sp³-hybridized carbons (Fsp3) is 1.00. The van der Waals surface area contributed by atoms with E-state index in [0.717, 1.165) is 26.2 Å². The Morgan fingerprint density at radius 2 is 0.962 bits per heavy atom. The summed E-state index contributed by atoms with van der Waals surface area (Å²) >= 11 is 0. The fourth-order valence-corrected chi connectivity index (χ4v) is 1.94. The molecule has 7 heteroatoms. The van der Waals surface area contributed by atoms with Crippen molar-refractivity contribution in [1.29, 1.82) is 0 Å². The molecule has 0 aromatic rings. The van der Waals surface area contributed by atoms with E-state index in [1.165, 1.54) is 0 Å². The molecule has 7 nitrogen and oxygen atoms in total. The van der Waals surface area contributed by atoms with Crippen LogP contribution in [-0.4, -0.2) is 91.7 Å². The van der Waals surface area contributed by atoms with Crippen molar-refractivity contribution < 1.29 is 26.5 Å². The van der Waals surface area contributed by atoms with E-state index in [2.05, 4.69) is 38.3 Å². The minimum Gasteiger partial charge on any atom is -0.378 e. The number of hydrogen-bond acceptors (Lipinski definition) is 7. The summed E-state index contributed by atoms with van der Waals surface area (Å²) in [5.41, 5.74) is 0. The van der Waals surface area contributed by atoms with Crippen molar-refractivity contribution in [1.82, 2.24) is 10.6 Å². The molecule has 0 spiro atoms. The molecule has 0 saturated carbocycles. The molecule has 0 radical (unpaired) electrons. The maximum Gasteiger partial charge on any atom is 0.0701 e. The quantitative estimate of drug-likeness (QED) is 0.293. The van der Waals surface area contributed by atoms with Crippen molar-refractivity contribution in [2.45, 2.75) is 33.7 Å². The van der Waals surface area contributed by atoms with E-state index in [1.54, 1.807) is 0 Å². The van der Waals surface area contributed by atoms with Crippen molar-refractivity contribution in [3.63, 3.8) is 0 Å². The van der Waals surface area contributed by atoms with Gasteiger partial charge in [0.15, 0.2) is 0 Å². The molecule has 162 valence electrons. The molecule has 0 heterocycles. The topological polar surface area (TPSA) is 70.2 Å². The third-order valence-corrected chi connectivity index (χ3v) is 3.26. The van der Waals surface area contributed by atoms with Gasteiger partial charge in [0.25, 0.3) is 0 Å². The van der Waals surface area contributed by atoms with Gasteiger partial charge in [0, 0.05) is 22.0 Å². The number of rotatable bonds is 21. The molecule has 2 N–H and O–H groups in total. The van der Waals surface area contributed by atoms with Crippen LogP contribution in [0, 0.1) is 5.92 Å². The second-order valence-corrected chi connectivity index (χ2v) is 6.77. The maximum absolute atomic E-state index is 5.47. The average Bonchev–Trinajstić information content (AvgIpc) is 2.59. The molecule has 26 heavy (non-hydrogen) atoms. The SMILES string of the molecule is CC(C)CNCCOCCOCCOCCOCCOCCNC(C)C.[HH].[HH]. The number of hydrogen-bond donors (Lipinski definition) is 2. The van der Waals surface area contributed by atoms with Crippen LogP contribution in [0.25, 0.3) is 0 Å². The molecule has 0 aliphatic carbocycles. The summed E-state index contributed by atoms with van der Waals surface area (Å²) in [7, 11) is 0. The zero-order valence-corrected chi connectivity index (χ0v) is 17.4. The Kier molecular flexibility index (Phi) is 20.8. The van der Waals surface area contributed by atoms with Gasteiger partial charge in [-0.2, -0.15) is 0 Å². The molecule has 0 bridgehead atoms. The number of nitrogens with one attached hydrogen (secondary N) is 2. The van der Waals surface area contributed by atoms with Crippen molar-refractivity contribution in [2.24, 2.45) is 5.92 Å². The van der Waals surface area contributed by atoms with Gasteiger partial charge in [-0.3, -0.25) is 0 Å². The van der Waals surface area contributed by atoms with E-state index in [0.29, 0.717) is 71.4 Å². The smallest absolute Gasteiger partial charge is 0.0701 e. The lowest BCUT2D eigenvalue weighted by molar-refractivity contribution is -0.0106. The first-order chi connectivity index (χ1) is 12.6. The normalized spacial score (nSPS) is 11.8. The van der Waals surface area contributed by atoms with Crippen LogP contribution in [-0.2, 0) is 23.7 Å². The van der Waals surface area contributed by atoms with Crippen LogP contribution in [0.1, 0.15) is 30.5 Å². The molecule has 0 aliphatic heterocycles. The lowest BCUT2D eigenvalue weighted by atomic mass is 10.2. The molecule has 0 fully saturated rings. The van der Waals surface area contributed by atoms with Crippen LogP contribution in [0.15, 0.2) is 0 Å². The lowest BCUT2D eigenvalue weighted by Gasteiger charge is -2.09. The van der Waals surface area contributed by atoms with Crippen LogP contribution in [0.5, 0.6) is 0 Å². The largest absolute Gasteiger partial charge is 0.378 e. The van der Waals surface area contributed by atoms with Gasteiger partial charge in [-0.25, -0.2) is 0 Å². The van der Waals surface area contributed by atoms with Crippen molar-refractivity contribution >= 4 is 0 Å². The molecule has 0 saturated heterocycles. The van der Waals surface area contributed by atoms with Crippen LogP contribution >= 0.6 is 0 Å². The first-order valence-electron chi connectivity index (χ1n) is 9.95. The highest BCUT2D eigenvalue weighted by atomic mass is 16.6. The molecule has 0 unspecified atom stereocenters. The molecule has 0 aliphatic rings. The van der Waals surface area contributed by atoms with Gasteiger partial charge in [0.1, 0.15) is 0 Å². The third-order valence-electron chi connectivity index (χ3n) is 3.26. The summed E-state index contributed by atoms with van der Waals surface area (Å²) in [6.45, 7) is 17.6. The zero-order chi connectivity index (χ0) is 19.3. The predicted molar refractivity (Wildman–Crippen MR) is 109 cm³/mol. The van der Waals surface area contributed by atoms with Crippen LogP contribution in [0.3, 0.4) is 0 Å². The Balaban J connectivity index is -0.00000312. The second kappa shape index (κ2) is 21.0. The molecule has 0 rings (SSSR count). The van der Waals surface area contributed by atoms with E-state index in [-0.39, 0.29) is 2.85 Å². The van der Waals surface area contributed by atoms with Crippen LogP contribution in [0.4, 0.5) is 0 Å². The van der Waals surface area contributed by atoms with Gasteiger partial charge >= 0.3 is 0 Å². The highest BCUT2D eigenvalue weighted by Crippen LogP contribution is 1.87. The van der Waals surface area contributed by atoms with Crippen molar-refractivity contribution in [3.8, 4) is 0 Å². The van der Waals surface area contributed by atoms with Gasteiger partial charge in [0.05, 0.1) is 66.1 Å². The Bertz CT molecular complexity index is 253.